The van der Waals surface area contributed by atoms with Crippen molar-refractivity contribution in [1.29, 1.82) is 0 Å². The van der Waals surface area contributed by atoms with Crippen LogP contribution in [0.25, 0.3) is 0 Å². The molecule has 0 aliphatic carbocycles. The van der Waals surface area contributed by atoms with Gasteiger partial charge in [0, 0.05) is 5.69 Å². The average Bonchev–Trinajstić information content (AvgIpc) is 2.17. The predicted molar refractivity (Wildman–Crippen MR) is 56.1 cm³/mol. The fourth-order valence-electron chi connectivity index (χ4n) is 1.33. The molecule has 0 aromatic heterocycles. The predicted octanol–water partition coefficient (Wildman–Crippen LogP) is 2.79. The molecule has 0 heterocycles. The van der Waals surface area contributed by atoms with Gasteiger partial charge in [0.25, 0.3) is 0 Å². The third-order valence-electron chi connectivity index (χ3n) is 2.44. The number of nitrogen functional groups attached to an aromatic ring is 1. The van der Waals surface area contributed by atoms with Gasteiger partial charge in [-0.1, -0.05) is 13.8 Å². The van der Waals surface area contributed by atoms with Crippen molar-refractivity contribution in [3.05, 3.63) is 23.8 Å². The van der Waals surface area contributed by atoms with Gasteiger partial charge in [0.05, 0.1) is 7.11 Å². The zero-order chi connectivity index (χ0) is 9.84. The van der Waals surface area contributed by atoms with Gasteiger partial charge in [0.1, 0.15) is 5.75 Å². The first-order valence-electron chi connectivity index (χ1n) is 4.62. The minimum absolute atomic E-state index is 0.495. The van der Waals surface area contributed by atoms with Crippen molar-refractivity contribution in [3.63, 3.8) is 0 Å². The van der Waals surface area contributed by atoms with Crippen LogP contribution in [-0.2, 0) is 0 Å². The zero-order valence-corrected chi connectivity index (χ0v) is 8.50. The van der Waals surface area contributed by atoms with Gasteiger partial charge in [-0.15, -0.1) is 0 Å². The SMILES string of the molecule is CCC(C)c1cc(OC)ccc1N. The van der Waals surface area contributed by atoms with E-state index in [1.54, 1.807) is 7.11 Å². The topological polar surface area (TPSA) is 35.2 Å². The summed E-state index contributed by atoms with van der Waals surface area (Å²) in [5.41, 5.74) is 7.90. The first kappa shape index (κ1) is 9.90. The van der Waals surface area contributed by atoms with Crippen LogP contribution in [0.15, 0.2) is 18.2 Å². The summed E-state index contributed by atoms with van der Waals surface area (Å²) in [6.45, 7) is 4.33. The van der Waals surface area contributed by atoms with Gasteiger partial charge in [-0.3, -0.25) is 0 Å². The summed E-state index contributed by atoms with van der Waals surface area (Å²) in [5, 5.41) is 0. The Morgan fingerprint density at radius 1 is 1.46 bits per heavy atom. The van der Waals surface area contributed by atoms with Crippen molar-refractivity contribution >= 4 is 5.69 Å². The molecule has 1 rings (SSSR count). The van der Waals surface area contributed by atoms with Gasteiger partial charge < -0.3 is 10.5 Å². The van der Waals surface area contributed by atoms with Crippen LogP contribution in [0.1, 0.15) is 31.7 Å². The smallest absolute Gasteiger partial charge is 0.119 e. The van der Waals surface area contributed by atoms with E-state index in [9.17, 15) is 0 Å². The van der Waals surface area contributed by atoms with Crippen molar-refractivity contribution in [2.45, 2.75) is 26.2 Å². The minimum atomic E-state index is 0.495. The van der Waals surface area contributed by atoms with Crippen LogP contribution in [0.4, 0.5) is 5.69 Å². The van der Waals surface area contributed by atoms with Gasteiger partial charge >= 0.3 is 0 Å². The largest absolute Gasteiger partial charge is 0.497 e. The summed E-state index contributed by atoms with van der Waals surface area (Å²) < 4.78 is 5.15. The Kier molecular flexibility index (Phi) is 3.18. The fraction of sp³-hybridized carbons (Fsp3) is 0.455. The number of hydrogen-bond acceptors (Lipinski definition) is 2. The third-order valence-corrected chi connectivity index (χ3v) is 2.44. The van der Waals surface area contributed by atoms with Crippen LogP contribution in [0.5, 0.6) is 5.75 Å². The van der Waals surface area contributed by atoms with E-state index in [-0.39, 0.29) is 0 Å². The third kappa shape index (κ3) is 2.14. The number of methoxy groups -OCH3 is 1. The normalized spacial score (nSPS) is 12.5. The van der Waals surface area contributed by atoms with Gasteiger partial charge in [-0.05, 0) is 36.1 Å². The van der Waals surface area contributed by atoms with E-state index in [2.05, 4.69) is 13.8 Å². The number of anilines is 1. The lowest BCUT2D eigenvalue weighted by Crippen LogP contribution is -1.99. The molecule has 72 valence electrons. The second-order valence-electron chi connectivity index (χ2n) is 3.30. The monoisotopic (exact) mass is 179 g/mol. The summed E-state index contributed by atoms with van der Waals surface area (Å²) in [4.78, 5) is 0. The lowest BCUT2D eigenvalue weighted by molar-refractivity contribution is 0.414. The Morgan fingerprint density at radius 2 is 2.15 bits per heavy atom. The van der Waals surface area contributed by atoms with E-state index in [0.29, 0.717) is 5.92 Å². The highest BCUT2D eigenvalue weighted by molar-refractivity contribution is 5.52. The summed E-state index contributed by atoms with van der Waals surface area (Å²) in [5.74, 6) is 1.37. The van der Waals surface area contributed by atoms with Gasteiger partial charge in [0.2, 0.25) is 0 Å². The van der Waals surface area contributed by atoms with E-state index in [4.69, 9.17) is 10.5 Å². The summed E-state index contributed by atoms with van der Waals surface area (Å²) in [6, 6.07) is 5.81. The van der Waals surface area contributed by atoms with Crippen molar-refractivity contribution in [2.75, 3.05) is 12.8 Å². The van der Waals surface area contributed by atoms with Gasteiger partial charge in [-0.2, -0.15) is 0 Å². The molecule has 1 aromatic carbocycles. The molecule has 1 atom stereocenters. The van der Waals surface area contributed by atoms with Crippen molar-refractivity contribution in [3.8, 4) is 5.75 Å². The van der Waals surface area contributed by atoms with E-state index in [1.807, 2.05) is 18.2 Å². The molecule has 0 aliphatic rings. The van der Waals surface area contributed by atoms with Crippen LogP contribution in [-0.4, -0.2) is 7.11 Å². The van der Waals surface area contributed by atoms with Crippen LogP contribution in [0.3, 0.4) is 0 Å². The lowest BCUT2D eigenvalue weighted by Gasteiger charge is -2.13. The molecule has 0 amide bonds. The highest BCUT2D eigenvalue weighted by Gasteiger charge is 2.07. The number of rotatable bonds is 3. The molecule has 0 bridgehead atoms. The summed E-state index contributed by atoms with van der Waals surface area (Å²) >= 11 is 0. The second kappa shape index (κ2) is 4.17. The summed E-state index contributed by atoms with van der Waals surface area (Å²) in [7, 11) is 1.67. The summed E-state index contributed by atoms with van der Waals surface area (Å²) in [6.07, 6.45) is 1.09. The molecule has 2 heteroatoms. The highest BCUT2D eigenvalue weighted by atomic mass is 16.5. The molecule has 1 unspecified atom stereocenters. The number of benzene rings is 1. The van der Waals surface area contributed by atoms with Crippen LogP contribution in [0, 0.1) is 0 Å². The molecule has 0 spiro atoms. The molecule has 0 saturated carbocycles. The van der Waals surface area contributed by atoms with E-state index in [1.165, 1.54) is 5.56 Å². The Bertz CT molecular complexity index is 283. The quantitative estimate of drug-likeness (QED) is 0.724. The molecule has 2 nitrogen and oxygen atoms in total. The van der Waals surface area contributed by atoms with Crippen molar-refractivity contribution < 1.29 is 4.74 Å². The first-order chi connectivity index (χ1) is 6.19. The Labute approximate surface area is 79.7 Å². The molecule has 0 fully saturated rings. The molecule has 1 aromatic rings. The molecular weight excluding hydrogens is 162 g/mol. The van der Waals surface area contributed by atoms with Crippen molar-refractivity contribution in [2.24, 2.45) is 0 Å². The van der Waals surface area contributed by atoms with Crippen molar-refractivity contribution in [1.82, 2.24) is 0 Å². The molecular formula is C11H17NO. The molecule has 2 N–H and O–H groups in total. The second-order valence-corrected chi connectivity index (χ2v) is 3.30. The maximum atomic E-state index is 5.87. The first-order valence-corrected chi connectivity index (χ1v) is 4.62. The molecule has 0 aliphatic heterocycles. The maximum absolute atomic E-state index is 5.87. The number of ether oxygens (including phenoxy) is 1. The average molecular weight is 179 g/mol. The molecule has 0 saturated heterocycles. The highest BCUT2D eigenvalue weighted by Crippen LogP contribution is 2.28. The van der Waals surface area contributed by atoms with Crippen LogP contribution < -0.4 is 10.5 Å². The zero-order valence-electron chi connectivity index (χ0n) is 8.50. The van der Waals surface area contributed by atoms with Gasteiger partial charge in [-0.25, -0.2) is 0 Å². The number of nitrogens with two attached hydrogens (primary N) is 1. The van der Waals surface area contributed by atoms with Crippen LogP contribution in [0.2, 0.25) is 0 Å². The molecule has 0 radical (unpaired) electrons. The van der Waals surface area contributed by atoms with Crippen LogP contribution >= 0.6 is 0 Å². The lowest BCUT2D eigenvalue weighted by atomic mass is 9.97. The van der Waals surface area contributed by atoms with E-state index >= 15 is 0 Å². The number of hydrogen-bond donors (Lipinski definition) is 1. The Morgan fingerprint density at radius 3 is 2.69 bits per heavy atom. The minimum Gasteiger partial charge on any atom is -0.497 e. The van der Waals surface area contributed by atoms with E-state index in [0.717, 1.165) is 17.9 Å². The van der Waals surface area contributed by atoms with Gasteiger partial charge in [0.15, 0.2) is 0 Å². The fourth-order valence-corrected chi connectivity index (χ4v) is 1.33. The van der Waals surface area contributed by atoms with E-state index < -0.39 is 0 Å². The molecule has 13 heavy (non-hydrogen) atoms. The maximum Gasteiger partial charge on any atom is 0.119 e. The Hall–Kier alpha value is -1.18. The Balaban J connectivity index is 3.03. The standard InChI is InChI=1S/C11H17NO/c1-4-8(2)10-7-9(13-3)5-6-11(10)12/h5-8H,4,12H2,1-3H3.